The van der Waals surface area contributed by atoms with Gasteiger partial charge in [0, 0.05) is 5.69 Å². The molecule has 0 aromatic heterocycles. The van der Waals surface area contributed by atoms with Crippen molar-refractivity contribution >= 4 is 72.7 Å². The summed E-state index contributed by atoms with van der Waals surface area (Å²) in [5.41, 5.74) is 1.33. The van der Waals surface area contributed by atoms with Gasteiger partial charge in [-0.15, -0.1) is 0 Å². The lowest BCUT2D eigenvalue weighted by atomic mass is 10.1. The largest absolute Gasteiger partial charge is 0.508 e. The first-order valence-corrected chi connectivity index (χ1v) is 11.6. The molecule has 172 valence electrons. The predicted molar refractivity (Wildman–Crippen MR) is 138 cm³/mol. The van der Waals surface area contributed by atoms with Crippen molar-refractivity contribution in [1.82, 2.24) is 0 Å². The third-order valence-electron chi connectivity index (χ3n) is 4.32. The van der Waals surface area contributed by atoms with Crippen LogP contribution in [-0.2, 0) is 9.59 Å². The molecule has 0 aliphatic heterocycles. The number of nitrogens with one attached hydrogen (secondary N) is 2. The summed E-state index contributed by atoms with van der Waals surface area (Å²) in [6, 6.07) is 17.9. The number of rotatable bonds is 7. The summed E-state index contributed by atoms with van der Waals surface area (Å²) in [5.74, 6) is -0.559. The molecule has 2 amide bonds. The number of benzene rings is 3. The van der Waals surface area contributed by atoms with E-state index in [9.17, 15) is 20.0 Å². The molecule has 3 aromatic carbocycles. The lowest BCUT2D eigenvalue weighted by molar-refractivity contribution is -0.118. The van der Waals surface area contributed by atoms with Gasteiger partial charge in [-0.25, -0.2) is 0 Å². The number of aromatic hydroxyl groups is 1. The number of carbonyl (C=O) groups excluding carboxylic acids is 2. The molecule has 0 aliphatic rings. The normalized spacial score (nSPS) is 10.8. The van der Waals surface area contributed by atoms with Gasteiger partial charge in [-0.2, -0.15) is 5.26 Å². The molecule has 3 aromatic rings. The van der Waals surface area contributed by atoms with Crippen molar-refractivity contribution in [3.05, 3.63) is 85.8 Å². The number of amides is 2. The van der Waals surface area contributed by atoms with Gasteiger partial charge in [0.15, 0.2) is 6.61 Å². The quantitative estimate of drug-likeness (QED) is 0.170. The monoisotopic (exact) mass is 603 g/mol. The maximum absolute atomic E-state index is 12.5. The molecular formula is C24H16Br2ClN3O4. The van der Waals surface area contributed by atoms with Gasteiger partial charge < -0.3 is 20.5 Å². The Balaban J connectivity index is 1.69. The highest BCUT2D eigenvalue weighted by atomic mass is 79.9. The molecule has 3 rings (SSSR count). The van der Waals surface area contributed by atoms with E-state index in [4.69, 9.17) is 16.3 Å². The first-order chi connectivity index (χ1) is 16.3. The van der Waals surface area contributed by atoms with E-state index in [1.54, 1.807) is 36.4 Å². The molecule has 0 heterocycles. The third kappa shape index (κ3) is 6.84. The molecule has 0 atom stereocenters. The van der Waals surface area contributed by atoms with Crippen molar-refractivity contribution in [1.29, 1.82) is 5.26 Å². The Hall–Kier alpha value is -3.32. The number of para-hydroxylation sites is 1. The number of nitriles is 1. The topological polar surface area (TPSA) is 111 Å². The molecule has 0 saturated carbocycles. The molecule has 0 fully saturated rings. The fourth-order valence-electron chi connectivity index (χ4n) is 2.75. The van der Waals surface area contributed by atoms with E-state index in [-0.39, 0.29) is 17.9 Å². The Bertz CT molecular complexity index is 1280. The molecule has 0 unspecified atom stereocenters. The molecule has 0 saturated heterocycles. The number of nitrogens with zero attached hydrogens (tertiary/aromatic N) is 1. The summed E-state index contributed by atoms with van der Waals surface area (Å²) >= 11 is 12.8. The Morgan fingerprint density at radius 2 is 1.71 bits per heavy atom. The molecule has 0 aliphatic carbocycles. The van der Waals surface area contributed by atoms with Crippen LogP contribution in [0.3, 0.4) is 0 Å². The second-order valence-corrected chi connectivity index (χ2v) is 8.92. The van der Waals surface area contributed by atoms with Crippen molar-refractivity contribution in [3.63, 3.8) is 0 Å². The van der Waals surface area contributed by atoms with Crippen LogP contribution in [-0.4, -0.2) is 23.5 Å². The summed E-state index contributed by atoms with van der Waals surface area (Å²) in [4.78, 5) is 24.7. The molecule has 0 spiro atoms. The van der Waals surface area contributed by atoms with E-state index in [1.165, 1.54) is 30.3 Å². The minimum atomic E-state index is -0.600. The van der Waals surface area contributed by atoms with Crippen LogP contribution < -0.4 is 15.4 Å². The van der Waals surface area contributed by atoms with Crippen molar-refractivity contribution in [2.75, 3.05) is 17.2 Å². The SMILES string of the molecule is N#C/C(=C\c1cc(Br)c(OCC(=O)Nc2ccccc2Cl)c(Br)c1)C(=O)Nc1ccc(O)cc1. The van der Waals surface area contributed by atoms with E-state index in [0.717, 1.165) is 0 Å². The second-order valence-electron chi connectivity index (χ2n) is 6.80. The van der Waals surface area contributed by atoms with Gasteiger partial charge in [0.25, 0.3) is 11.8 Å². The number of halogens is 3. The molecule has 0 bridgehead atoms. The molecule has 0 radical (unpaired) electrons. The molecule has 7 nitrogen and oxygen atoms in total. The predicted octanol–water partition coefficient (Wildman–Crippen LogP) is 6.13. The van der Waals surface area contributed by atoms with Crippen LogP contribution in [0.1, 0.15) is 5.56 Å². The summed E-state index contributed by atoms with van der Waals surface area (Å²) in [6.45, 7) is -0.268. The van der Waals surface area contributed by atoms with Crippen LogP contribution in [0.5, 0.6) is 11.5 Å². The van der Waals surface area contributed by atoms with Gasteiger partial charge in [0.2, 0.25) is 0 Å². The van der Waals surface area contributed by atoms with Crippen molar-refractivity contribution < 1.29 is 19.4 Å². The summed E-state index contributed by atoms with van der Waals surface area (Å²) in [7, 11) is 0. The Morgan fingerprint density at radius 1 is 1.06 bits per heavy atom. The Kier molecular flexibility index (Phi) is 8.71. The number of hydrogen-bond acceptors (Lipinski definition) is 5. The number of hydrogen-bond donors (Lipinski definition) is 3. The van der Waals surface area contributed by atoms with E-state index < -0.39 is 11.8 Å². The van der Waals surface area contributed by atoms with Gasteiger partial charge in [0.05, 0.1) is 19.7 Å². The van der Waals surface area contributed by atoms with Gasteiger partial charge in [-0.3, -0.25) is 9.59 Å². The Labute approximate surface area is 217 Å². The lowest BCUT2D eigenvalue weighted by Crippen LogP contribution is -2.20. The minimum Gasteiger partial charge on any atom is -0.508 e. The van der Waals surface area contributed by atoms with Crippen molar-refractivity contribution in [3.8, 4) is 17.6 Å². The smallest absolute Gasteiger partial charge is 0.266 e. The molecule has 10 heteroatoms. The van der Waals surface area contributed by atoms with Gasteiger partial charge in [0.1, 0.15) is 23.1 Å². The van der Waals surface area contributed by atoms with Gasteiger partial charge >= 0.3 is 0 Å². The average molecular weight is 606 g/mol. The average Bonchev–Trinajstić information content (AvgIpc) is 2.80. The number of anilines is 2. The number of phenols is 1. The van der Waals surface area contributed by atoms with Crippen LogP contribution in [0.15, 0.2) is 75.2 Å². The van der Waals surface area contributed by atoms with E-state index in [1.807, 2.05) is 6.07 Å². The number of carbonyl (C=O) groups is 2. The second kappa shape index (κ2) is 11.7. The van der Waals surface area contributed by atoms with Gasteiger partial charge in [-0.1, -0.05) is 23.7 Å². The van der Waals surface area contributed by atoms with Crippen LogP contribution in [0.2, 0.25) is 5.02 Å². The number of ether oxygens (including phenoxy) is 1. The first-order valence-electron chi connectivity index (χ1n) is 9.65. The van der Waals surface area contributed by atoms with Crippen molar-refractivity contribution in [2.24, 2.45) is 0 Å². The maximum atomic E-state index is 12.5. The van der Waals surface area contributed by atoms with Gasteiger partial charge in [-0.05, 0) is 92.0 Å². The first kappa shape index (κ1) is 25.3. The third-order valence-corrected chi connectivity index (χ3v) is 5.83. The highest BCUT2D eigenvalue weighted by molar-refractivity contribution is 9.11. The van der Waals surface area contributed by atoms with E-state index >= 15 is 0 Å². The van der Waals surface area contributed by atoms with Crippen molar-refractivity contribution in [2.45, 2.75) is 0 Å². The zero-order valence-electron chi connectivity index (χ0n) is 17.3. The minimum absolute atomic E-state index is 0.0624. The molecule has 3 N–H and O–H groups in total. The summed E-state index contributed by atoms with van der Waals surface area (Å²) < 4.78 is 6.65. The van der Waals surface area contributed by atoms with Crippen LogP contribution in [0.25, 0.3) is 6.08 Å². The standard InChI is InChI=1S/C24H16Br2ClN3O4/c25-18-10-14(9-15(12-28)24(33)29-16-5-7-17(31)8-6-16)11-19(26)23(18)34-13-22(32)30-21-4-2-1-3-20(21)27/h1-11,31H,13H2,(H,29,33)(H,30,32)/b15-9+. The Morgan fingerprint density at radius 3 is 2.32 bits per heavy atom. The van der Waals surface area contributed by atoms with Crippen LogP contribution >= 0.6 is 43.5 Å². The zero-order valence-corrected chi connectivity index (χ0v) is 21.2. The molecule has 34 heavy (non-hydrogen) atoms. The van der Waals surface area contributed by atoms with Crippen LogP contribution in [0.4, 0.5) is 11.4 Å². The zero-order chi connectivity index (χ0) is 24.7. The van der Waals surface area contributed by atoms with E-state index in [0.29, 0.717) is 36.7 Å². The lowest BCUT2D eigenvalue weighted by Gasteiger charge is -2.12. The fraction of sp³-hybridized carbons (Fsp3) is 0.0417. The fourth-order valence-corrected chi connectivity index (χ4v) is 4.38. The highest BCUT2D eigenvalue weighted by Gasteiger charge is 2.14. The number of phenolic OH excluding ortho intramolecular Hbond substituents is 1. The summed E-state index contributed by atoms with van der Waals surface area (Å²) in [6.07, 6.45) is 1.42. The molecular weight excluding hydrogens is 590 g/mol. The van der Waals surface area contributed by atoms with E-state index in [2.05, 4.69) is 42.5 Å². The summed E-state index contributed by atoms with van der Waals surface area (Å²) in [5, 5.41) is 24.5. The van der Waals surface area contributed by atoms with Crippen LogP contribution in [0, 0.1) is 11.3 Å². The highest BCUT2D eigenvalue weighted by Crippen LogP contribution is 2.35. The maximum Gasteiger partial charge on any atom is 0.266 e.